The molecule has 0 heterocycles. The van der Waals surface area contributed by atoms with Crippen LogP contribution in [0.25, 0.3) is 0 Å². The predicted octanol–water partition coefficient (Wildman–Crippen LogP) is 3.19. The summed E-state index contributed by atoms with van der Waals surface area (Å²) in [6, 6.07) is 4.03. The van der Waals surface area contributed by atoms with Gasteiger partial charge < -0.3 is 5.73 Å². The molecule has 0 aliphatic carbocycles. The molecule has 5 heteroatoms. The van der Waals surface area contributed by atoms with Crippen LogP contribution in [0.4, 0.5) is 13.2 Å². The van der Waals surface area contributed by atoms with Crippen LogP contribution >= 0.6 is 0 Å². The maximum atomic E-state index is 12.4. The smallest absolute Gasteiger partial charge is 0.321 e. The summed E-state index contributed by atoms with van der Waals surface area (Å²) < 4.78 is 37.2. The van der Waals surface area contributed by atoms with Crippen molar-refractivity contribution in [1.29, 1.82) is 0 Å². The average molecular weight is 273 g/mol. The molecular weight excluding hydrogens is 255 g/mol. The number of hydrogen-bond donors (Lipinski definition) is 1. The van der Waals surface area contributed by atoms with Crippen molar-refractivity contribution in [3.63, 3.8) is 0 Å². The van der Waals surface area contributed by atoms with E-state index in [0.29, 0.717) is 5.56 Å². The van der Waals surface area contributed by atoms with E-state index in [1.54, 1.807) is 20.8 Å². The average Bonchev–Trinajstić information content (AvgIpc) is 2.26. The second kappa shape index (κ2) is 5.33. The molecule has 0 amide bonds. The lowest BCUT2D eigenvalue weighted by molar-refractivity contribution is -0.137. The van der Waals surface area contributed by atoms with Gasteiger partial charge in [0.1, 0.15) is 0 Å². The second-order valence-electron chi connectivity index (χ2n) is 5.62. The van der Waals surface area contributed by atoms with Gasteiger partial charge in [0.2, 0.25) is 0 Å². The SMILES string of the molecule is CC(C)(C)C(=O)[C@H](N)Cc1ccc(C(F)(F)F)cc1. The van der Waals surface area contributed by atoms with Crippen molar-refractivity contribution in [2.24, 2.45) is 11.1 Å². The van der Waals surface area contributed by atoms with Crippen LogP contribution in [-0.4, -0.2) is 11.8 Å². The number of ketones is 1. The second-order valence-corrected chi connectivity index (χ2v) is 5.62. The number of carbonyl (C=O) groups is 1. The Morgan fingerprint density at radius 2 is 1.63 bits per heavy atom. The number of alkyl halides is 3. The molecule has 2 N–H and O–H groups in total. The van der Waals surface area contributed by atoms with Crippen molar-refractivity contribution in [2.45, 2.75) is 39.4 Å². The minimum Gasteiger partial charge on any atom is -0.321 e. The minimum absolute atomic E-state index is 0.104. The van der Waals surface area contributed by atoms with E-state index in [1.807, 2.05) is 0 Å². The highest BCUT2D eigenvalue weighted by Crippen LogP contribution is 2.29. The molecular formula is C14H18F3NO. The summed E-state index contributed by atoms with van der Waals surface area (Å²) in [5.41, 5.74) is 5.16. The minimum atomic E-state index is -4.35. The van der Waals surface area contributed by atoms with E-state index in [1.165, 1.54) is 12.1 Å². The molecule has 0 saturated heterocycles. The van der Waals surface area contributed by atoms with Crippen LogP contribution in [0.3, 0.4) is 0 Å². The summed E-state index contributed by atoms with van der Waals surface area (Å²) in [4.78, 5) is 11.9. The van der Waals surface area contributed by atoms with Crippen molar-refractivity contribution < 1.29 is 18.0 Å². The highest BCUT2D eigenvalue weighted by Gasteiger charge is 2.30. The number of benzene rings is 1. The zero-order chi connectivity index (χ0) is 14.8. The van der Waals surface area contributed by atoms with Gasteiger partial charge in [0.25, 0.3) is 0 Å². The standard InChI is InChI=1S/C14H18F3NO/c1-13(2,3)12(19)11(18)8-9-4-6-10(7-5-9)14(15,16)17/h4-7,11H,8,18H2,1-3H3/t11-/m1/s1. The molecule has 2 nitrogen and oxygen atoms in total. The van der Waals surface area contributed by atoms with Crippen LogP contribution in [-0.2, 0) is 17.4 Å². The van der Waals surface area contributed by atoms with Gasteiger partial charge in [-0.05, 0) is 24.1 Å². The Hall–Kier alpha value is -1.36. The molecule has 106 valence electrons. The first-order chi connectivity index (χ1) is 8.51. The van der Waals surface area contributed by atoms with Gasteiger partial charge in [-0.1, -0.05) is 32.9 Å². The molecule has 0 unspecified atom stereocenters. The Labute approximate surface area is 110 Å². The third-order valence-corrected chi connectivity index (χ3v) is 2.81. The van der Waals surface area contributed by atoms with Gasteiger partial charge in [0.05, 0.1) is 11.6 Å². The quantitative estimate of drug-likeness (QED) is 0.919. The maximum Gasteiger partial charge on any atom is 0.416 e. The largest absolute Gasteiger partial charge is 0.416 e. The molecule has 1 aromatic carbocycles. The van der Waals surface area contributed by atoms with Gasteiger partial charge in [-0.25, -0.2) is 0 Å². The Balaban J connectivity index is 2.77. The molecule has 1 atom stereocenters. The highest BCUT2D eigenvalue weighted by molar-refractivity contribution is 5.88. The third-order valence-electron chi connectivity index (χ3n) is 2.81. The summed E-state index contributed by atoms with van der Waals surface area (Å²) in [5, 5.41) is 0. The molecule has 0 saturated carbocycles. The molecule has 19 heavy (non-hydrogen) atoms. The topological polar surface area (TPSA) is 43.1 Å². The Kier molecular flexibility index (Phi) is 4.40. The van der Waals surface area contributed by atoms with Crippen molar-refractivity contribution in [3.05, 3.63) is 35.4 Å². The molecule has 0 aliphatic heterocycles. The number of Topliss-reactive ketones (excluding diaryl/α,β-unsaturated/α-hetero) is 1. The molecule has 0 aliphatic rings. The number of halogens is 3. The molecule has 0 fully saturated rings. The first-order valence-corrected chi connectivity index (χ1v) is 5.98. The van der Waals surface area contributed by atoms with Gasteiger partial charge in [-0.3, -0.25) is 4.79 Å². The summed E-state index contributed by atoms with van der Waals surface area (Å²) in [7, 11) is 0. The van der Waals surface area contributed by atoms with Crippen LogP contribution in [0.5, 0.6) is 0 Å². The zero-order valence-electron chi connectivity index (χ0n) is 11.2. The van der Waals surface area contributed by atoms with Crippen LogP contribution in [0.1, 0.15) is 31.9 Å². The molecule has 0 aromatic heterocycles. The third kappa shape index (κ3) is 4.35. The monoisotopic (exact) mass is 273 g/mol. The fraction of sp³-hybridized carbons (Fsp3) is 0.500. The van der Waals surface area contributed by atoms with Crippen molar-refractivity contribution in [3.8, 4) is 0 Å². The van der Waals surface area contributed by atoms with Crippen molar-refractivity contribution >= 4 is 5.78 Å². The lowest BCUT2D eigenvalue weighted by Crippen LogP contribution is -2.40. The van der Waals surface area contributed by atoms with Crippen LogP contribution in [0.15, 0.2) is 24.3 Å². The van der Waals surface area contributed by atoms with Gasteiger partial charge in [-0.15, -0.1) is 0 Å². The fourth-order valence-electron chi connectivity index (χ4n) is 1.73. The van der Waals surface area contributed by atoms with Crippen molar-refractivity contribution in [1.82, 2.24) is 0 Å². The van der Waals surface area contributed by atoms with Gasteiger partial charge in [0.15, 0.2) is 5.78 Å². The summed E-state index contributed by atoms with van der Waals surface area (Å²) in [5.74, 6) is -0.104. The summed E-state index contributed by atoms with van der Waals surface area (Å²) in [6.07, 6.45) is -4.10. The molecule has 1 rings (SSSR count). The van der Waals surface area contributed by atoms with E-state index in [-0.39, 0.29) is 12.2 Å². The number of nitrogens with two attached hydrogens (primary N) is 1. The Bertz CT molecular complexity index is 443. The Morgan fingerprint density at radius 1 is 1.16 bits per heavy atom. The lowest BCUT2D eigenvalue weighted by Gasteiger charge is -2.21. The van der Waals surface area contributed by atoms with Gasteiger partial charge >= 0.3 is 6.18 Å². The highest BCUT2D eigenvalue weighted by atomic mass is 19.4. The van der Waals surface area contributed by atoms with Crippen LogP contribution < -0.4 is 5.73 Å². The van der Waals surface area contributed by atoms with E-state index in [4.69, 9.17) is 5.73 Å². The number of carbonyl (C=O) groups excluding carboxylic acids is 1. The van der Waals surface area contributed by atoms with Gasteiger partial charge in [0, 0.05) is 5.41 Å². The van der Waals surface area contributed by atoms with Crippen LogP contribution in [0.2, 0.25) is 0 Å². The normalized spacial score (nSPS) is 14.3. The molecule has 0 bridgehead atoms. The van der Waals surface area contributed by atoms with E-state index >= 15 is 0 Å². The van der Waals surface area contributed by atoms with Crippen molar-refractivity contribution in [2.75, 3.05) is 0 Å². The molecule has 0 spiro atoms. The van der Waals surface area contributed by atoms with Crippen LogP contribution in [0, 0.1) is 5.41 Å². The first-order valence-electron chi connectivity index (χ1n) is 5.98. The Morgan fingerprint density at radius 3 is 2.00 bits per heavy atom. The lowest BCUT2D eigenvalue weighted by atomic mass is 9.84. The molecule has 1 aromatic rings. The first kappa shape index (κ1) is 15.7. The predicted molar refractivity (Wildman–Crippen MR) is 67.6 cm³/mol. The van der Waals surface area contributed by atoms with E-state index < -0.39 is 23.2 Å². The maximum absolute atomic E-state index is 12.4. The summed E-state index contributed by atoms with van der Waals surface area (Å²) in [6.45, 7) is 5.30. The van der Waals surface area contributed by atoms with E-state index in [0.717, 1.165) is 12.1 Å². The van der Waals surface area contributed by atoms with E-state index in [9.17, 15) is 18.0 Å². The number of rotatable bonds is 3. The number of hydrogen-bond acceptors (Lipinski definition) is 2. The van der Waals surface area contributed by atoms with E-state index in [2.05, 4.69) is 0 Å². The van der Waals surface area contributed by atoms with Gasteiger partial charge in [-0.2, -0.15) is 13.2 Å². The summed E-state index contributed by atoms with van der Waals surface area (Å²) >= 11 is 0. The fourth-order valence-corrected chi connectivity index (χ4v) is 1.73. The molecule has 0 radical (unpaired) electrons. The zero-order valence-corrected chi connectivity index (χ0v) is 11.2.